The Morgan fingerprint density at radius 2 is 1.55 bits per heavy atom. The number of aromatic nitrogens is 1. The average molecular weight is 575 g/mol. The number of carbonyl (C=O) groups excluding carboxylic acids is 3. The summed E-state index contributed by atoms with van der Waals surface area (Å²) in [4.78, 5) is 43.4. The number of benzene rings is 4. The number of H-pyrrole nitrogens is 1. The Bertz CT molecular complexity index is 1730. The zero-order chi connectivity index (χ0) is 29.3. The molecule has 1 heterocycles. The fraction of sp³-hybridized carbons (Fsp3) is 0.0882. The first-order chi connectivity index (χ1) is 20.5. The molecule has 0 spiro atoms. The van der Waals surface area contributed by atoms with Gasteiger partial charge in [0.25, 0.3) is 11.8 Å². The Morgan fingerprint density at radius 1 is 0.810 bits per heavy atom. The van der Waals surface area contributed by atoms with E-state index in [1.54, 1.807) is 36.4 Å². The quantitative estimate of drug-likeness (QED) is 0.106. The van der Waals surface area contributed by atoms with Gasteiger partial charge >= 0.3 is 0 Å². The van der Waals surface area contributed by atoms with Crippen LogP contribution in [0.5, 0.6) is 0 Å². The molecule has 4 N–H and O–H groups in total. The summed E-state index contributed by atoms with van der Waals surface area (Å²) in [5, 5.41) is 9.40. The minimum atomic E-state index is -0.463. The molecule has 8 heteroatoms. The second-order valence-electron chi connectivity index (χ2n) is 9.55. The molecular weight excluding hydrogens is 544 g/mol. The van der Waals surface area contributed by atoms with Crippen LogP contribution in [-0.2, 0) is 9.59 Å². The molecule has 0 aliphatic rings. The maximum absolute atomic E-state index is 13.4. The van der Waals surface area contributed by atoms with Crippen molar-refractivity contribution < 1.29 is 14.4 Å². The standard InChI is InChI=1S/C34H30N4O3S/c1-2-31(34(41)37-27-17-16-24-18-19-35-29(24)22-27)42-28-15-9-14-26(21-28)36-33(40)30(20-23-10-5-3-6-11-23)38-32(39)25-12-7-4-8-13-25/h3-22,31,35H,2H2,1H3,(H,36,40)(H,37,41)(H,38,39)/b30-20-. The van der Waals surface area contributed by atoms with Gasteiger partial charge in [-0.1, -0.05) is 67.6 Å². The van der Waals surface area contributed by atoms with Crippen LogP contribution in [0.4, 0.5) is 11.4 Å². The van der Waals surface area contributed by atoms with Crippen molar-refractivity contribution in [1.82, 2.24) is 10.3 Å². The third-order valence-electron chi connectivity index (χ3n) is 6.50. The van der Waals surface area contributed by atoms with Crippen molar-refractivity contribution in [3.05, 3.63) is 132 Å². The molecule has 210 valence electrons. The minimum absolute atomic E-state index is 0.0976. The van der Waals surface area contributed by atoms with Crippen molar-refractivity contribution in [2.24, 2.45) is 0 Å². The summed E-state index contributed by atoms with van der Waals surface area (Å²) in [6.45, 7) is 1.97. The van der Waals surface area contributed by atoms with E-state index < -0.39 is 5.91 Å². The summed E-state index contributed by atoms with van der Waals surface area (Å²) in [6, 6.07) is 33.1. The van der Waals surface area contributed by atoms with Gasteiger partial charge in [-0.15, -0.1) is 11.8 Å². The highest BCUT2D eigenvalue weighted by molar-refractivity contribution is 8.00. The first-order valence-corrected chi connectivity index (χ1v) is 14.5. The van der Waals surface area contributed by atoms with Crippen LogP contribution >= 0.6 is 11.8 Å². The number of anilines is 2. The highest BCUT2D eigenvalue weighted by atomic mass is 32.2. The van der Waals surface area contributed by atoms with E-state index in [-0.39, 0.29) is 22.8 Å². The van der Waals surface area contributed by atoms with Gasteiger partial charge < -0.3 is 20.9 Å². The largest absolute Gasteiger partial charge is 0.361 e. The van der Waals surface area contributed by atoms with E-state index in [1.807, 2.05) is 92.0 Å². The van der Waals surface area contributed by atoms with Gasteiger partial charge in [-0.3, -0.25) is 14.4 Å². The lowest BCUT2D eigenvalue weighted by atomic mass is 10.1. The molecular formula is C34H30N4O3S. The zero-order valence-corrected chi connectivity index (χ0v) is 23.8. The third kappa shape index (κ3) is 7.35. The van der Waals surface area contributed by atoms with E-state index in [9.17, 15) is 14.4 Å². The lowest BCUT2D eigenvalue weighted by Crippen LogP contribution is -2.30. The molecule has 0 radical (unpaired) electrons. The van der Waals surface area contributed by atoms with Crippen LogP contribution in [0.2, 0.25) is 0 Å². The number of nitrogens with one attached hydrogen (secondary N) is 4. The molecule has 0 aliphatic carbocycles. The number of thioether (sulfide) groups is 1. The fourth-order valence-electron chi connectivity index (χ4n) is 4.34. The third-order valence-corrected chi connectivity index (χ3v) is 7.85. The molecule has 0 saturated heterocycles. The van der Waals surface area contributed by atoms with E-state index in [1.165, 1.54) is 11.8 Å². The van der Waals surface area contributed by atoms with E-state index in [2.05, 4.69) is 20.9 Å². The van der Waals surface area contributed by atoms with E-state index in [4.69, 9.17) is 0 Å². The van der Waals surface area contributed by atoms with Crippen LogP contribution in [0.15, 0.2) is 126 Å². The smallest absolute Gasteiger partial charge is 0.272 e. The number of hydrogen-bond donors (Lipinski definition) is 4. The first kappa shape index (κ1) is 28.4. The Hall–Kier alpha value is -5.08. The van der Waals surface area contributed by atoms with Crippen molar-refractivity contribution in [1.29, 1.82) is 0 Å². The van der Waals surface area contributed by atoms with Crippen LogP contribution in [0, 0.1) is 0 Å². The summed E-state index contributed by atoms with van der Waals surface area (Å²) in [7, 11) is 0. The Balaban J connectivity index is 1.28. The van der Waals surface area contributed by atoms with Gasteiger partial charge in [0.05, 0.1) is 5.25 Å². The van der Waals surface area contributed by atoms with Crippen molar-refractivity contribution in [3.63, 3.8) is 0 Å². The molecule has 3 amide bonds. The number of rotatable bonds is 10. The molecule has 0 aliphatic heterocycles. The molecule has 0 saturated carbocycles. The zero-order valence-electron chi connectivity index (χ0n) is 23.0. The molecule has 1 atom stereocenters. The molecule has 42 heavy (non-hydrogen) atoms. The molecule has 1 unspecified atom stereocenters. The second kappa shape index (κ2) is 13.5. The molecule has 1 aromatic heterocycles. The normalized spacial score (nSPS) is 12.0. The summed E-state index contributed by atoms with van der Waals surface area (Å²) in [5.41, 5.74) is 3.55. The molecule has 5 aromatic rings. The first-order valence-electron chi connectivity index (χ1n) is 13.6. The SMILES string of the molecule is CCC(Sc1cccc(NC(=O)/C(=C/c2ccccc2)NC(=O)c2ccccc2)c1)C(=O)Nc1ccc2cc[nH]c2c1. The lowest BCUT2D eigenvalue weighted by Gasteiger charge is -2.16. The minimum Gasteiger partial charge on any atom is -0.361 e. The van der Waals surface area contributed by atoms with Crippen molar-refractivity contribution in [2.75, 3.05) is 10.6 Å². The molecule has 5 rings (SSSR count). The van der Waals surface area contributed by atoms with Crippen LogP contribution in [0.3, 0.4) is 0 Å². The van der Waals surface area contributed by atoms with Gasteiger partial charge in [0.15, 0.2) is 0 Å². The number of fused-ring (bicyclic) bond motifs is 1. The van der Waals surface area contributed by atoms with Crippen LogP contribution in [-0.4, -0.2) is 28.0 Å². The predicted molar refractivity (Wildman–Crippen MR) is 170 cm³/mol. The number of hydrogen-bond acceptors (Lipinski definition) is 4. The molecule has 0 fully saturated rings. The van der Waals surface area contributed by atoms with Crippen molar-refractivity contribution >= 4 is 57.8 Å². The van der Waals surface area contributed by atoms with Gasteiger partial charge in [-0.25, -0.2) is 0 Å². The predicted octanol–water partition coefficient (Wildman–Crippen LogP) is 7.09. The van der Waals surface area contributed by atoms with E-state index in [0.29, 0.717) is 17.7 Å². The average Bonchev–Trinajstić information content (AvgIpc) is 3.48. The summed E-state index contributed by atoms with van der Waals surface area (Å²) >= 11 is 1.43. The van der Waals surface area contributed by atoms with Gasteiger partial charge in [0.1, 0.15) is 5.70 Å². The summed E-state index contributed by atoms with van der Waals surface area (Å²) in [6.07, 6.45) is 4.12. The van der Waals surface area contributed by atoms with Gasteiger partial charge in [-0.05, 0) is 72.0 Å². The highest BCUT2D eigenvalue weighted by Crippen LogP contribution is 2.29. The van der Waals surface area contributed by atoms with Crippen LogP contribution in [0.1, 0.15) is 29.3 Å². The maximum Gasteiger partial charge on any atom is 0.272 e. The second-order valence-corrected chi connectivity index (χ2v) is 10.8. The van der Waals surface area contributed by atoms with Crippen LogP contribution in [0.25, 0.3) is 17.0 Å². The Labute approximate surface area is 248 Å². The summed E-state index contributed by atoms with van der Waals surface area (Å²) in [5.74, 6) is -0.946. The lowest BCUT2D eigenvalue weighted by molar-refractivity contribution is -0.116. The van der Waals surface area contributed by atoms with Gasteiger partial charge in [0.2, 0.25) is 5.91 Å². The molecule has 0 bridgehead atoms. The van der Waals surface area contributed by atoms with Crippen LogP contribution < -0.4 is 16.0 Å². The highest BCUT2D eigenvalue weighted by Gasteiger charge is 2.19. The van der Waals surface area contributed by atoms with Gasteiger partial charge in [0, 0.05) is 33.5 Å². The monoisotopic (exact) mass is 574 g/mol. The maximum atomic E-state index is 13.4. The molecule has 7 nitrogen and oxygen atoms in total. The fourth-order valence-corrected chi connectivity index (χ4v) is 5.35. The number of carbonyl (C=O) groups is 3. The van der Waals surface area contributed by atoms with Crippen molar-refractivity contribution in [3.8, 4) is 0 Å². The van der Waals surface area contributed by atoms with Gasteiger partial charge in [-0.2, -0.15) is 0 Å². The Morgan fingerprint density at radius 3 is 2.31 bits per heavy atom. The number of amides is 3. The van der Waals surface area contributed by atoms with E-state index in [0.717, 1.165) is 27.0 Å². The van der Waals surface area contributed by atoms with E-state index >= 15 is 0 Å². The number of aromatic amines is 1. The van der Waals surface area contributed by atoms with Crippen molar-refractivity contribution in [2.45, 2.75) is 23.5 Å². The molecule has 4 aromatic carbocycles. The Kier molecular flexibility index (Phi) is 9.16. The summed E-state index contributed by atoms with van der Waals surface area (Å²) < 4.78 is 0. The topological polar surface area (TPSA) is 103 Å².